The Kier molecular flexibility index (Phi) is 6.31. The number of ether oxygens (including phenoxy) is 1. The van der Waals surface area contributed by atoms with Crippen molar-refractivity contribution in [2.24, 2.45) is 0 Å². The van der Waals surface area contributed by atoms with Crippen LogP contribution in [0, 0.1) is 13.8 Å². The number of aromatic nitrogens is 2. The maximum Gasteiger partial charge on any atom is 0.261 e. The van der Waals surface area contributed by atoms with Crippen molar-refractivity contribution in [3.05, 3.63) is 106 Å². The molecule has 0 unspecified atom stereocenters. The molecule has 1 aromatic heterocycles. The van der Waals surface area contributed by atoms with Crippen LogP contribution in [0.2, 0.25) is 0 Å². The highest BCUT2D eigenvalue weighted by Crippen LogP contribution is 2.17. The molecule has 0 saturated heterocycles. The Morgan fingerprint density at radius 1 is 0.938 bits per heavy atom. The number of nitrogens with zero attached hydrogens (tertiary/aromatic N) is 2. The van der Waals surface area contributed by atoms with E-state index in [0.717, 1.165) is 11.1 Å². The molecule has 0 saturated carbocycles. The monoisotopic (exact) mass is 427 g/mol. The largest absolute Gasteiger partial charge is 0.484 e. The summed E-state index contributed by atoms with van der Waals surface area (Å²) < 4.78 is 5.77. The van der Waals surface area contributed by atoms with E-state index in [1.54, 1.807) is 23.1 Å². The van der Waals surface area contributed by atoms with Gasteiger partial charge in [0.15, 0.2) is 6.61 Å². The van der Waals surface area contributed by atoms with E-state index in [-0.39, 0.29) is 24.6 Å². The first-order valence-corrected chi connectivity index (χ1v) is 10.5. The summed E-state index contributed by atoms with van der Waals surface area (Å²) in [7, 11) is 0. The van der Waals surface area contributed by atoms with E-state index >= 15 is 0 Å². The number of hydrogen-bond donors (Lipinski definition) is 1. The number of para-hydroxylation sites is 1. The van der Waals surface area contributed by atoms with Crippen molar-refractivity contribution >= 4 is 16.8 Å². The molecule has 0 fully saturated rings. The number of carbonyl (C=O) groups excluding carboxylic acids is 1. The molecule has 6 heteroatoms. The third-order valence-corrected chi connectivity index (χ3v) is 5.41. The van der Waals surface area contributed by atoms with Gasteiger partial charge in [-0.25, -0.2) is 4.98 Å². The van der Waals surface area contributed by atoms with Crippen LogP contribution in [0.1, 0.15) is 22.5 Å². The summed E-state index contributed by atoms with van der Waals surface area (Å²) in [5, 5.41) is 0.523. The van der Waals surface area contributed by atoms with Gasteiger partial charge in [-0.2, -0.15) is 0 Å². The quantitative estimate of drug-likeness (QED) is 0.481. The van der Waals surface area contributed by atoms with E-state index in [1.165, 1.54) is 5.56 Å². The second-order valence-corrected chi connectivity index (χ2v) is 7.80. The Labute approximate surface area is 186 Å². The number of nitrogens with one attached hydrogen (secondary N) is 1. The van der Waals surface area contributed by atoms with Gasteiger partial charge in [-0.1, -0.05) is 48.5 Å². The topological polar surface area (TPSA) is 75.3 Å². The average molecular weight is 428 g/mol. The Morgan fingerprint density at radius 2 is 1.69 bits per heavy atom. The van der Waals surface area contributed by atoms with E-state index in [9.17, 15) is 9.59 Å². The number of benzene rings is 3. The molecule has 0 aliphatic carbocycles. The van der Waals surface area contributed by atoms with Crippen molar-refractivity contribution in [3.63, 3.8) is 0 Å². The molecular formula is C26H25N3O3. The molecule has 162 valence electrons. The van der Waals surface area contributed by atoms with Crippen LogP contribution >= 0.6 is 0 Å². The SMILES string of the molecule is Cc1ccc(OCC(=O)N(Cc2ccccc2)Cc2nc3ccccc3c(=O)[nH]2)cc1C. The van der Waals surface area contributed by atoms with Gasteiger partial charge >= 0.3 is 0 Å². The number of H-pyrrole nitrogens is 1. The highest BCUT2D eigenvalue weighted by molar-refractivity contribution is 5.78. The summed E-state index contributed by atoms with van der Waals surface area (Å²) in [5.41, 5.74) is 3.64. The van der Waals surface area contributed by atoms with Gasteiger partial charge < -0.3 is 14.6 Å². The molecule has 0 aliphatic rings. The summed E-state index contributed by atoms with van der Waals surface area (Å²) in [6.07, 6.45) is 0. The second kappa shape index (κ2) is 9.47. The minimum Gasteiger partial charge on any atom is -0.484 e. The van der Waals surface area contributed by atoms with Crippen LogP contribution in [0.5, 0.6) is 5.75 Å². The molecular weight excluding hydrogens is 402 g/mol. The maximum absolute atomic E-state index is 13.1. The van der Waals surface area contributed by atoms with Crippen LogP contribution in [-0.4, -0.2) is 27.4 Å². The van der Waals surface area contributed by atoms with Gasteiger partial charge in [0.05, 0.1) is 17.4 Å². The van der Waals surface area contributed by atoms with Crippen LogP contribution in [0.3, 0.4) is 0 Å². The lowest BCUT2D eigenvalue weighted by atomic mass is 10.1. The van der Waals surface area contributed by atoms with Crippen LogP contribution in [0.25, 0.3) is 10.9 Å². The third kappa shape index (κ3) is 5.03. The van der Waals surface area contributed by atoms with Crippen molar-refractivity contribution in [1.29, 1.82) is 0 Å². The molecule has 4 aromatic rings. The zero-order valence-electron chi connectivity index (χ0n) is 18.2. The minimum absolute atomic E-state index is 0.104. The molecule has 1 amide bonds. The molecule has 0 spiro atoms. The predicted molar refractivity (Wildman–Crippen MR) is 124 cm³/mol. The number of amides is 1. The summed E-state index contributed by atoms with van der Waals surface area (Å²) >= 11 is 0. The maximum atomic E-state index is 13.1. The Hall–Kier alpha value is -3.93. The van der Waals surface area contributed by atoms with Gasteiger partial charge in [0.25, 0.3) is 11.5 Å². The van der Waals surface area contributed by atoms with E-state index in [4.69, 9.17) is 4.74 Å². The van der Waals surface area contributed by atoms with Gasteiger partial charge in [0, 0.05) is 6.54 Å². The van der Waals surface area contributed by atoms with Gasteiger partial charge in [0.2, 0.25) is 0 Å². The smallest absolute Gasteiger partial charge is 0.261 e. The van der Waals surface area contributed by atoms with Crippen LogP contribution in [-0.2, 0) is 17.9 Å². The summed E-state index contributed by atoms with van der Waals surface area (Å²) in [6, 6.07) is 22.6. The summed E-state index contributed by atoms with van der Waals surface area (Å²) in [6.45, 7) is 4.49. The highest BCUT2D eigenvalue weighted by Gasteiger charge is 2.17. The number of carbonyl (C=O) groups is 1. The van der Waals surface area contributed by atoms with Crippen LogP contribution in [0.4, 0.5) is 0 Å². The molecule has 0 aliphatic heterocycles. The molecule has 1 N–H and O–H groups in total. The zero-order chi connectivity index (χ0) is 22.5. The van der Waals surface area contributed by atoms with E-state index in [2.05, 4.69) is 9.97 Å². The minimum atomic E-state index is -0.218. The van der Waals surface area contributed by atoms with Crippen molar-refractivity contribution in [1.82, 2.24) is 14.9 Å². The first kappa shape index (κ1) is 21.3. The van der Waals surface area contributed by atoms with E-state index < -0.39 is 0 Å². The fourth-order valence-electron chi connectivity index (χ4n) is 3.47. The molecule has 3 aromatic carbocycles. The van der Waals surface area contributed by atoms with Crippen molar-refractivity contribution < 1.29 is 9.53 Å². The van der Waals surface area contributed by atoms with Gasteiger partial charge in [-0.05, 0) is 54.8 Å². The zero-order valence-corrected chi connectivity index (χ0v) is 18.2. The number of aryl methyl sites for hydroxylation is 2. The molecule has 0 atom stereocenters. The van der Waals surface area contributed by atoms with Crippen LogP contribution in [0.15, 0.2) is 77.6 Å². The fraction of sp³-hybridized carbons (Fsp3) is 0.192. The van der Waals surface area contributed by atoms with Gasteiger partial charge in [-0.3, -0.25) is 9.59 Å². The van der Waals surface area contributed by atoms with Gasteiger partial charge in [0.1, 0.15) is 11.6 Å². The van der Waals surface area contributed by atoms with Gasteiger partial charge in [-0.15, -0.1) is 0 Å². The molecule has 6 nitrogen and oxygen atoms in total. The number of rotatable bonds is 7. The Balaban J connectivity index is 1.56. The average Bonchev–Trinajstić information content (AvgIpc) is 2.80. The number of hydrogen-bond acceptors (Lipinski definition) is 4. The third-order valence-electron chi connectivity index (χ3n) is 5.41. The summed E-state index contributed by atoms with van der Waals surface area (Å²) in [4.78, 5) is 34.6. The first-order valence-electron chi connectivity index (χ1n) is 10.5. The number of aromatic amines is 1. The fourth-order valence-corrected chi connectivity index (χ4v) is 3.47. The van der Waals surface area contributed by atoms with Crippen molar-refractivity contribution in [2.45, 2.75) is 26.9 Å². The molecule has 1 heterocycles. The highest BCUT2D eigenvalue weighted by atomic mass is 16.5. The lowest BCUT2D eigenvalue weighted by molar-refractivity contribution is -0.134. The summed E-state index contributed by atoms with van der Waals surface area (Å²) in [5.74, 6) is 0.894. The van der Waals surface area contributed by atoms with Crippen LogP contribution < -0.4 is 10.3 Å². The first-order chi connectivity index (χ1) is 15.5. The molecule has 0 bridgehead atoms. The molecule has 4 rings (SSSR count). The Bertz CT molecular complexity index is 1300. The van der Waals surface area contributed by atoms with Crippen molar-refractivity contribution in [2.75, 3.05) is 6.61 Å². The lowest BCUT2D eigenvalue weighted by Crippen LogP contribution is -2.35. The second-order valence-electron chi connectivity index (χ2n) is 7.80. The lowest BCUT2D eigenvalue weighted by Gasteiger charge is -2.23. The van der Waals surface area contributed by atoms with E-state index in [1.807, 2.05) is 68.4 Å². The molecule has 32 heavy (non-hydrogen) atoms. The normalized spacial score (nSPS) is 10.8. The van der Waals surface area contributed by atoms with Crippen molar-refractivity contribution in [3.8, 4) is 5.75 Å². The molecule has 0 radical (unpaired) electrons. The Morgan fingerprint density at radius 3 is 2.47 bits per heavy atom. The standard InChI is InChI=1S/C26H25N3O3/c1-18-12-13-21(14-19(18)2)32-17-25(30)29(15-20-8-4-3-5-9-20)16-24-27-23-11-7-6-10-22(23)26(31)28-24/h3-14H,15-17H2,1-2H3,(H,27,28,31). The van der Waals surface area contributed by atoms with E-state index in [0.29, 0.717) is 29.0 Å². The number of fused-ring (bicyclic) bond motifs is 1. The predicted octanol–water partition coefficient (Wildman–Crippen LogP) is 4.15.